The van der Waals surface area contributed by atoms with Crippen LogP contribution in [0.25, 0.3) is 0 Å². The molecule has 0 spiro atoms. The minimum absolute atomic E-state index is 0.121. The first kappa shape index (κ1) is 16.4. The van der Waals surface area contributed by atoms with Crippen molar-refractivity contribution in [3.05, 3.63) is 12.2 Å². The molecule has 1 aliphatic rings. The van der Waals surface area contributed by atoms with Crippen LogP contribution in [0.15, 0.2) is 6.33 Å². The Morgan fingerprint density at radius 3 is 2.38 bits per heavy atom. The topological polar surface area (TPSA) is 54.2 Å². The molecule has 21 heavy (non-hydrogen) atoms. The van der Waals surface area contributed by atoms with Gasteiger partial charge in [0.2, 0.25) is 0 Å². The number of likely N-dealkylation sites (N-methyl/N-ethyl adjacent to an activating group) is 1. The summed E-state index contributed by atoms with van der Waals surface area (Å²) in [6.45, 7) is 4.19. The van der Waals surface area contributed by atoms with Crippen molar-refractivity contribution in [2.45, 2.75) is 76.5 Å². The second kappa shape index (κ2) is 6.88. The minimum atomic E-state index is -0.396. The highest BCUT2D eigenvalue weighted by Crippen LogP contribution is 2.35. The summed E-state index contributed by atoms with van der Waals surface area (Å²) in [5.41, 5.74) is -0.121. The molecule has 0 saturated heterocycles. The van der Waals surface area contributed by atoms with Crippen LogP contribution in [0.3, 0.4) is 0 Å². The fourth-order valence-corrected chi connectivity index (χ4v) is 3.63. The largest absolute Gasteiger partial charge is 0.391 e. The van der Waals surface area contributed by atoms with Crippen molar-refractivity contribution >= 4 is 0 Å². The van der Waals surface area contributed by atoms with E-state index in [4.69, 9.17) is 0 Å². The molecular weight excluding hydrogens is 264 g/mol. The molecule has 5 nitrogen and oxygen atoms in total. The predicted octanol–water partition coefficient (Wildman–Crippen LogP) is 2.42. The van der Waals surface area contributed by atoms with Crippen LogP contribution in [0, 0.1) is 0 Å². The van der Waals surface area contributed by atoms with Gasteiger partial charge < -0.3 is 10.0 Å². The molecule has 0 bridgehead atoms. The van der Waals surface area contributed by atoms with Crippen molar-refractivity contribution in [2.24, 2.45) is 0 Å². The van der Waals surface area contributed by atoms with Crippen molar-refractivity contribution in [1.82, 2.24) is 19.7 Å². The van der Waals surface area contributed by atoms with Gasteiger partial charge in [-0.3, -0.25) is 0 Å². The van der Waals surface area contributed by atoms with Gasteiger partial charge in [0, 0.05) is 18.0 Å². The Morgan fingerprint density at radius 2 is 1.86 bits per heavy atom. The van der Waals surface area contributed by atoms with Crippen LogP contribution in [0.1, 0.15) is 64.2 Å². The van der Waals surface area contributed by atoms with E-state index in [1.165, 1.54) is 25.7 Å². The lowest BCUT2D eigenvalue weighted by molar-refractivity contribution is -0.0190. The first-order valence-corrected chi connectivity index (χ1v) is 8.21. The molecule has 0 aliphatic heterocycles. The Bertz CT molecular complexity index is 433. The van der Waals surface area contributed by atoms with Gasteiger partial charge in [0.25, 0.3) is 0 Å². The Hall–Kier alpha value is -0.940. The fourth-order valence-electron chi connectivity index (χ4n) is 3.63. The maximum Gasteiger partial charge on any atom is 0.138 e. The zero-order chi connectivity index (χ0) is 15.5. The highest BCUT2D eigenvalue weighted by molar-refractivity contribution is 5.01. The van der Waals surface area contributed by atoms with Crippen LogP contribution in [-0.2, 0) is 6.42 Å². The van der Waals surface area contributed by atoms with E-state index >= 15 is 0 Å². The first-order chi connectivity index (χ1) is 9.97. The van der Waals surface area contributed by atoms with E-state index in [9.17, 15) is 5.11 Å². The van der Waals surface area contributed by atoms with Crippen LogP contribution in [0.2, 0.25) is 0 Å². The van der Waals surface area contributed by atoms with E-state index in [0.717, 1.165) is 18.7 Å². The standard InChI is InChI=1S/C16H30N4O/c1-13(2)20-15(17-12-18-20)11-14(21)16(19(3)4)9-7-5-6-8-10-16/h12-14,21H,5-11H2,1-4H3. The number of aliphatic hydroxyl groups excluding tert-OH is 1. The highest BCUT2D eigenvalue weighted by Gasteiger charge is 2.40. The summed E-state index contributed by atoms with van der Waals surface area (Å²) >= 11 is 0. The Kier molecular flexibility index (Phi) is 5.38. The molecule has 1 saturated carbocycles. The van der Waals surface area contributed by atoms with Crippen molar-refractivity contribution in [2.75, 3.05) is 14.1 Å². The van der Waals surface area contributed by atoms with Gasteiger partial charge in [-0.25, -0.2) is 9.67 Å². The van der Waals surface area contributed by atoms with Crippen molar-refractivity contribution in [3.63, 3.8) is 0 Å². The minimum Gasteiger partial charge on any atom is -0.391 e. The lowest BCUT2D eigenvalue weighted by Crippen LogP contribution is -2.54. The summed E-state index contributed by atoms with van der Waals surface area (Å²) in [6.07, 6.45) is 8.88. The van der Waals surface area contributed by atoms with E-state index in [0.29, 0.717) is 6.42 Å². The third kappa shape index (κ3) is 3.46. The third-order valence-corrected chi connectivity index (χ3v) is 4.99. The highest BCUT2D eigenvalue weighted by atomic mass is 16.3. The molecule has 1 aromatic rings. The molecule has 2 rings (SSSR count). The van der Waals surface area contributed by atoms with E-state index in [1.807, 2.05) is 4.68 Å². The van der Waals surface area contributed by atoms with Crippen LogP contribution in [-0.4, -0.2) is 50.5 Å². The van der Waals surface area contributed by atoms with E-state index in [-0.39, 0.29) is 11.6 Å². The van der Waals surface area contributed by atoms with Crippen LogP contribution < -0.4 is 0 Å². The average molecular weight is 294 g/mol. The van der Waals surface area contributed by atoms with E-state index in [1.54, 1.807) is 6.33 Å². The van der Waals surface area contributed by atoms with Gasteiger partial charge in [-0.2, -0.15) is 5.10 Å². The molecule has 5 heteroatoms. The number of aromatic nitrogens is 3. The molecule has 1 unspecified atom stereocenters. The summed E-state index contributed by atoms with van der Waals surface area (Å²) in [5, 5.41) is 15.3. The van der Waals surface area contributed by atoms with Gasteiger partial charge in [0.1, 0.15) is 12.2 Å². The molecule has 0 amide bonds. The van der Waals surface area contributed by atoms with Crippen molar-refractivity contribution in [1.29, 1.82) is 0 Å². The Balaban J connectivity index is 2.18. The van der Waals surface area contributed by atoms with Gasteiger partial charge in [-0.15, -0.1) is 0 Å². The lowest BCUT2D eigenvalue weighted by Gasteiger charge is -2.43. The maximum absolute atomic E-state index is 11.0. The number of rotatable bonds is 5. The van der Waals surface area contributed by atoms with Gasteiger partial charge in [0.05, 0.1) is 6.10 Å². The zero-order valence-corrected chi connectivity index (χ0v) is 13.9. The number of hydrogen-bond acceptors (Lipinski definition) is 4. The molecule has 1 N–H and O–H groups in total. The maximum atomic E-state index is 11.0. The second-order valence-electron chi connectivity index (χ2n) is 6.85. The Morgan fingerprint density at radius 1 is 1.24 bits per heavy atom. The SMILES string of the molecule is CC(C)n1ncnc1CC(O)C1(N(C)C)CCCCCC1. The normalized spacial score (nSPS) is 20.7. The summed E-state index contributed by atoms with van der Waals surface area (Å²) in [6, 6.07) is 0.277. The van der Waals surface area contributed by atoms with Crippen LogP contribution >= 0.6 is 0 Å². The zero-order valence-electron chi connectivity index (χ0n) is 13.9. The van der Waals surface area contributed by atoms with Crippen LogP contribution in [0.4, 0.5) is 0 Å². The quantitative estimate of drug-likeness (QED) is 0.847. The average Bonchev–Trinajstić information content (AvgIpc) is 2.74. The van der Waals surface area contributed by atoms with E-state index in [2.05, 4.69) is 42.9 Å². The summed E-state index contributed by atoms with van der Waals surface area (Å²) in [5.74, 6) is 0.892. The summed E-state index contributed by atoms with van der Waals surface area (Å²) in [7, 11) is 4.20. The summed E-state index contributed by atoms with van der Waals surface area (Å²) < 4.78 is 1.92. The lowest BCUT2D eigenvalue weighted by atomic mass is 9.81. The van der Waals surface area contributed by atoms with Gasteiger partial charge in [-0.05, 0) is 40.8 Å². The smallest absolute Gasteiger partial charge is 0.138 e. The van der Waals surface area contributed by atoms with Gasteiger partial charge in [-0.1, -0.05) is 25.7 Å². The Labute approximate surface area is 128 Å². The number of aliphatic hydroxyl groups is 1. The molecule has 1 heterocycles. The first-order valence-electron chi connectivity index (χ1n) is 8.21. The molecule has 1 aliphatic carbocycles. The second-order valence-corrected chi connectivity index (χ2v) is 6.85. The monoisotopic (exact) mass is 294 g/mol. The molecule has 0 aromatic carbocycles. The van der Waals surface area contributed by atoms with Gasteiger partial charge in [0.15, 0.2) is 0 Å². The molecule has 120 valence electrons. The number of nitrogens with zero attached hydrogens (tertiary/aromatic N) is 4. The third-order valence-electron chi connectivity index (χ3n) is 4.99. The molecule has 1 fully saturated rings. The van der Waals surface area contributed by atoms with Gasteiger partial charge >= 0.3 is 0 Å². The van der Waals surface area contributed by atoms with Crippen molar-refractivity contribution < 1.29 is 5.11 Å². The molecular formula is C16H30N4O. The molecule has 1 aromatic heterocycles. The molecule has 1 atom stereocenters. The number of hydrogen-bond donors (Lipinski definition) is 1. The molecule has 0 radical (unpaired) electrons. The fraction of sp³-hybridized carbons (Fsp3) is 0.875. The summed E-state index contributed by atoms with van der Waals surface area (Å²) in [4.78, 5) is 6.59. The van der Waals surface area contributed by atoms with Crippen molar-refractivity contribution in [3.8, 4) is 0 Å². The van der Waals surface area contributed by atoms with Crippen LogP contribution in [0.5, 0.6) is 0 Å². The predicted molar refractivity (Wildman–Crippen MR) is 84.2 cm³/mol. The van der Waals surface area contributed by atoms with E-state index < -0.39 is 6.10 Å².